The highest BCUT2D eigenvalue weighted by molar-refractivity contribution is 9.10. The Morgan fingerprint density at radius 2 is 2.13 bits per heavy atom. The molecule has 0 amide bonds. The number of hydrogen-bond donors (Lipinski definition) is 2. The van der Waals surface area contributed by atoms with Crippen LogP contribution < -0.4 is 5.73 Å². The third-order valence-electron chi connectivity index (χ3n) is 2.37. The van der Waals surface area contributed by atoms with Crippen LogP contribution in [0.4, 0.5) is 5.82 Å². The number of aromatic nitrogens is 3. The van der Waals surface area contributed by atoms with Crippen molar-refractivity contribution in [2.24, 2.45) is 0 Å². The van der Waals surface area contributed by atoms with E-state index in [1.165, 1.54) is 0 Å². The highest BCUT2D eigenvalue weighted by Gasteiger charge is 2.07. The lowest BCUT2D eigenvalue weighted by Gasteiger charge is -2.01. The molecular weight excluding hydrogens is 256 g/mol. The first-order valence-electron chi connectivity index (χ1n) is 4.44. The van der Waals surface area contributed by atoms with Crippen LogP contribution in [0.25, 0.3) is 21.8 Å². The van der Waals surface area contributed by atoms with E-state index < -0.39 is 0 Å². The smallest absolute Gasteiger partial charge is 0.135 e. The van der Waals surface area contributed by atoms with Crippen molar-refractivity contribution in [3.63, 3.8) is 0 Å². The van der Waals surface area contributed by atoms with Gasteiger partial charge in [0.25, 0.3) is 0 Å². The molecule has 3 N–H and O–H groups in total. The Hall–Kier alpha value is -1.62. The molecule has 0 saturated carbocycles. The lowest BCUT2D eigenvalue weighted by Crippen LogP contribution is -1.91. The van der Waals surface area contributed by atoms with E-state index in [2.05, 4.69) is 31.1 Å². The molecule has 15 heavy (non-hydrogen) atoms. The third-order valence-corrected chi connectivity index (χ3v) is 2.87. The van der Waals surface area contributed by atoms with Gasteiger partial charge in [0, 0.05) is 16.1 Å². The topological polar surface area (TPSA) is 67.6 Å². The first-order chi connectivity index (χ1) is 7.25. The standard InChI is InChI=1S/C10H7BrN4/c11-5-1-2-6-8(3-5)14-10(12)7-4-13-15-9(6)7/h1-4H,(H2,12,14)(H,13,15). The van der Waals surface area contributed by atoms with Crippen LogP contribution in [0.1, 0.15) is 0 Å². The van der Waals surface area contributed by atoms with Crippen LogP contribution in [0.2, 0.25) is 0 Å². The first-order valence-corrected chi connectivity index (χ1v) is 5.23. The third kappa shape index (κ3) is 1.20. The predicted octanol–water partition coefficient (Wildman–Crippen LogP) is 2.46. The second kappa shape index (κ2) is 2.93. The lowest BCUT2D eigenvalue weighted by molar-refractivity contribution is 1.12. The summed E-state index contributed by atoms with van der Waals surface area (Å²) in [6.45, 7) is 0. The largest absolute Gasteiger partial charge is 0.383 e. The Bertz CT molecular complexity index is 659. The fourth-order valence-electron chi connectivity index (χ4n) is 1.68. The maximum atomic E-state index is 5.83. The molecule has 0 aliphatic rings. The van der Waals surface area contributed by atoms with Gasteiger partial charge in [-0.15, -0.1) is 0 Å². The van der Waals surface area contributed by atoms with Gasteiger partial charge in [0.1, 0.15) is 11.3 Å². The molecule has 3 rings (SSSR count). The van der Waals surface area contributed by atoms with Crippen molar-refractivity contribution in [3.05, 3.63) is 28.9 Å². The summed E-state index contributed by atoms with van der Waals surface area (Å²) in [5, 5.41) is 8.85. The average molecular weight is 263 g/mol. The second-order valence-corrected chi connectivity index (χ2v) is 4.22. The number of benzene rings is 1. The van der Waals surface area contributed by atoms with Gasteiger partial charge in [0.2, 0.25) is 0 Å². The maximum absolute atomic E-state index is 5.83. The minimum Gasteiger partial charge on any atom is -0.383 e. The molecule has 0 fully saturated rings. The molecule has 1 aromatic carbocycles. The van der Waals surface area contributed by atoms with Crippen LogP contribution in [0, 0.1) is 0 Å². The first kappa shape index (κ1) is 8.67. The van der Waals surface area contributed by atoms with Crippen molar-refractivity contribution >= 4 is 43.6 Å². The molecule has 74 valence electrons. The number of H-pyrrole nitrogens is 1. The fourth-order valence-corrected chi connectivity index (χ4v) is 2.03. The number of fused-ring (bicyclic) bond motifs is 3. The molecule has 0 saturated heterocycles. The van der Waals surface area contributed by atoms with E-state index in [9.17, 15) is 0 Å². The second-order valence-electron chi connectivity index (χ2n) is 3.31. The summed E-state index contributed by atoms with van der Waals surface area (Å²) in [7, 11) is 0. The van der Waals surface area contributed by atoms with Gasteiger partial charge < -0.3 is 5.73 Å². The number of anilines is 1. The van der Waals surface area contributed by atoms with Crippen molar-refractivity contribution in [3.8, 4) is 0 Å². The molecule has 0 spiro atoms. The van der Waals surface area contributed by atoms with E-state index in [0.717, 1.165) is 26.3 Å². The van der Waals surface area contributed by atoms with Gasteiger partial charge in [-0.05, 0) is 18.2 Å². The van der Waals surface area contributed by atoms with E-state index in [-0.39, 0.29) is 0 Å². The molecular formula is C10H7BrN4. The number of nitrogens with two attached hydrogens (primary N) is 1. The minimum atomic E-state index is 0.504. The molecule has 2 heterocycles. The highest BCUT2D eigenvalue weighted by atomic mass is 79.9. The van der Waals surface area contributed by atoms with Gasteiger partial charge in [-0.3, -0.25) is 5.10 Å². The zero-order valence-electron chi connectivity index (χ0n) is 7.66. The van der Waals surface area contributed by atoms with Crippen molar-refractivity contribution in [1.29, 1.82) is 0 Å². The van der Waals surface area contributed by atoms with Gasteiger partial charge in [0.05, 0.1) is 10.9 Å². The maximum Gasteiger partial charge on any atom is 0.135 e. The molecule has 2 aromatic heterocycles. The summed E-state index contributed by atoms with van der Waals surface area (Å²) in [5.74, 6) is 0.504. The Balaban J connectivity index is 2.60. The van der Waals surface area contributed by atoms with Crippen LogP contribution >= 0.6 is 15.9 Å². The van der Waals surface area contributed by atoms with Gasteiger partial charge >= 0.3 is 0 Å². The molecule has 4 nitrogen and oxygen atoms in total. The summed E-state index contributed by atoms with van der Waals surface area (Å²) in [5.41, 5.74) is 7.54. The van der Waals surface area contributed by atoms with Crippen molar-refractivity contribution in [2.45, 2.75) is 0 Å². The van der Waals surface area contributed by atoms with Crippen LogP contribution in [-0.4, -0.2) is 15.2 Å². The molecule has 5 heteroatoms. The molecule has 3 aromatic rings. The quantitative estimate of drug-likeness (QED) is 0.654. The predicted molar refractivity (Wildman–Crippen MR) is 63.5 cm³/mol. The average Bonchev–Trinajstić information content (AvgIpc) is 2.66. The molecule has 0 bridgehead atoms. The van der Waals surface area contributed by atoms with E-state index in [4.69, 9.17) is 5.73 Å². The van der Waals surface area contributed by atoms with E-state index in [0.29, 0.717) is 5.82 Å². The van der Waals surface area contributed by atoms with Crippen molar-refractivity contribution in [1.82, 2.24) is 15.2 Å². The minimum absolute atomic E-state index is 0.504. The number of rotatable bonds is 0. The number of nitrogens with one attached hydrogen (secondary N) is 1. The van der Waals surface area contributed by atoms with Crippen molar-refractivity contribution < 1.29 is 0 Å². The van der Waals surface area contributed by atoms with Crippen LogP contribution in [0.15, 0.2) is 28.9 Å². The summed E-state index contributed by atoms with van der Waals surface area (Å²) in [6.07, 6.45) is 1.76. The number of halogens is 1. The lowest BCUT2D eigenvalue weighted by atomic mass is 10.1. The Morgan fingerprint density at radius 3 is 3.00 bits per heavy atom. The molecule has 0 radical (unpaired) electrons. The Labute approximate surface area is 93.6 Å². The Kier molecular flexibility index (Phi) is 1.70. The van der Waals surface area contributed by atoms with E-state index >= 15 is 0 Å². The Morgan fingerprint density at radius 1 is 1.27 bits per heavy atom. The van der Waals surface area contributed by atoms with Crippen LogP contribution in [-0.2, 0) is 0 Å². The molecule has 0 aliphatic carbocycles. The van der Waals surface area contributed by atoms with Gasteiger partial charge in [0.15, 0.2) is 0 Å². The van der Waals surface area contributed by atoms with Crippen molar-refractivity contribution in [2.75, 3.05) is 5.73 Å². The van der Waals surface area contributed by atoms with Crippen LogP contribution in [0.5, 0.6) is 0 Å². The van der Waals surface area contributed by atoms with Gasteiger partial charge in [-0.25, -0.2) is 4.98 Å². The monoisotopic (exact) mass is 262 g/mol. The van der Waals surface area contributed by atoms with E-state index in [1.807, 2.05) is 18.2 Å². The zero-order chi connectivity index (χ0) is 10.4. The SMILES string of the molecule is Nc1nc2cc(Br)ccc2c2n[nH]cc12. The fraction of sp³-hybridized carbons (Fsp3) is 0. The zero-order valence-corrected chi connectivity index (χ0v) is 9.25. The number of aromatic amines is 1. The molecule has 0 atom stereocenters. The summed E-state index contributed by atoms with van der Waals surface area (Å²) < 4.78 is 0.983. The van der Waals surface area contributed by atoms with Gasteiger partial charge in [-0.1, -0.05) is 15.9 Å². The van der Waals surface area contributed by atoms with Crippen LogP contribution in [0.3, 0.4) is 0 Å². The summed E-state index contributed by atoms with van der Waals surface area (Å²) >= 11 is 3.40. The summed E-state index contributed by atoms with van der Waals surface area (Å²) in [6, 6.07) is 5.88. The normalized spacial score (nSPS) is 11.3. The summed E-state index contributed by atoms with van der Waals surface area (Å²) in [4.78, 5) is 4.32. The number of nitrogen functional groups attached to an aromatic ring is 1. The van der Waals surface area contributed by atoms with Gasteiger partial charge in [-0.2, -0.15) is 5.10 Å². The highest BCUT2D eigenvalue weighted by Crippen LogP contribution is 2.27. The molecule has 0 aliphatic heterocycles. The van der Waals surface area contributed by atoms with E-state index in [1.54, 1.807) is 6.20 Å². The number of nitrogens with zero attached hydrogens (tertiary/aromatic N) is 2. The number of pyridine rings is 1. The number of hydrogen-bond acceptors (Lipinski definition) is 3. The molecule has 0 unspecified atom stereocenters.